The van der Waals surface area contributed by atoms with Crippen molar-refractivity contribution in [2.24, 2.45) is 5.92 Å². The number of benzene rings is 2. The van der Waals surface area contributed by atoms with Crippen LogP contribution in [0.5, 0.6) is 0 Å². The fourth-order valence-electron chi connectivity index (χ4n) is 2.90. The second kappa shape index (κ2) is 10.9. The van der Waals surface area contributed by atoms with Crippen LogP contribution < -0.4 is 5.32 Å². The minimum absolute atomic E-state index is 0.0593. The maximum Gasteiger partial charge on any atom is 0.242 e. The van der Waals surface area contributed by atoms with Gasteiger partial charge in [0.05, 0.1) is 0 Å². The summed E-state index contributed by atoms with van der Waals surface area (Å²) >= 11 is 6.21. The van der Waals surface area contributed by atoms with Crippen LogP contribution in [0.3, 0.4) is 0 Å². The van der Waals surface area contributed by atoms with Gasteiger partial charge in [-0.1, -0.05) is 74.0 Å². The molecule has 0 unspecified atom stereocenters. The normalized spacial score (nSPS) is 11.9. The Morgan fingerprint density at radius 2 is 1.64 bits per heavy atom. The molecule has 0 saturated heterocycles. The molecule has 2 aromatic carbocycles. The van der Waals surface area contributed by atoms with Crippen LogP contribution in [0.4, 0.5) is 0 Å². The number of nitrogens with one attached hydrogen (secondary N) is 1. The van der Waals surface area contributed by atoms with Crippen LogP contribution in [0.25, 0.3) is 0 Å². The Hall–Kier alpha value is -2.33. The molecule has 4 nitrogen and oxygen atoms in total. The highest BCUT2D eigenvalue weighted by Gasteiger charge is 2.26. The third-order valence-electron chi connectivity index (χ3n) is 4.61. The molecule has 0 aromatic heterocycles. The summed E-state index contributed by atoms with van der Waals surface area (Å²) in [5, 5.41) is 3.59. The molecule has 0 aliphatic carbocycles. The van der Waals surface area contributed by atoms with Gasteiger partial charge in [-0.3, -0.25) is 9.59 Å². The van der Waals surface area contributed by atoms with E-state index in [2.05, 4.69) is 5.32 Å². The monoisotopic (exact) mass is 400 g/mol. The summed E-state index contributed by atoms with van der Waals surface area (Å²) in [6, 6.07) is 16.7. The molecule has 28 heavy (non-hydrogen) atoms. The zero-order valence-corrected chi connectivity index (χ0v) is 17.6. The lowest BCUT2D eigenvalue weighted by atomic mass is 10.1. The van der Waals surface area contributed by atoms with E-state index in [1.807, 2.05) is 68.4 Å². The summed E-state index contributed by atoms with van der Waals surface area (Å²) in [6.45, 7) is 6.86. The zero-order valence-electron chi connectivity index (χ0n) is 16.8. The van der Waals surface area contributed by atoms with Gasteiger partial charge in [0, 0.05) is 24.5 Å². The van der Waals surface area contributed by atoms with E-state index in [4.69, 9.17) is 11.6 Å². The number of nitrogens with zero attached hydrogens (tertiary/aromatic N) is 1. The molecule has 2 aromatic rings. The Bertz CT molecular complexity index is 777. The van der Waals surface area contributed by atoms with Crippen molar-refractivity contribution < 1.29 is 9.59 Å². The SMILES string of the molecule is CC(C)CNC(=O)[C@H](C)N(Cc1ccccc1)C(=O)CCc1ccccc1Cl. The molecule has 0 radical (unpaired) electrons. The third-order valence-corrected chi connectivity index (χ3v) is 4.98. The Balaban J connectivity index is 2.11. The molecular weight excluding hydrogens is 372 g/mol. The quantitative estimate of drug-likeness (QED) is 0.675. The van der Waals surface area contributed by atoms with Crippen molar-refractivity contribution in [3.63, 3.8) is 0 Å². The molecule has 0 aliphatic rings. The van der Waals surface area contributed by atoms with Gasteiger partial charge in [-0.2, -0.15) is 0 Å². The standard InChI is InChI=1S/C23H29ClN2O2/c1-17(2)15-25-23(28)18(3)26(16-19-9-5-4-6-10-19)22(27)14-13-20-11-7-8-12-21(20)24/h4-12,17-18H,13-16H2,1-3H3,(H,25,28)/t18-/m0/s1. The second-order valence-corrected chi connectivity index (χ2v) is 7.82. The van der Waals surface area contributed by atoms with Gasteiger partial charge in [0.1, 0.15) is 6.04 Å². The summed E-state index contributed by atoms with van der Waals surface area (Å²) in [6.07, 6.45) is 0.850. The van der Waals surface area contributed by atoms with E-state index >= 15 is 0 Å². The van der Waals surface area contributed by atoms with Crippen LogP contribution in [0.15, 0.2) is 54.6 Å². The van der Waals surface area contributed by atoms with Gasteiger partial charge >= 0.3 is 0 Å². The highest BCUT2D eigenvalue weighted by atomic mass is 35.5. The van der Waals surface area contributed by atoms with Crippen LogP contribution in [0, 0.1) is 5.92 Å². The molecule has 2 rings (SSSR count). The van der Waals surface area contributed by atoms with Gasteiger partial charge in [0.15, 0.2) is 0 Å². The lowest BCUT2D eigenvalue weighted by Crippen LogP contribution is -2.48. The second-order valence-electron chi connectivity index (χ2n) is 7.41. The summed E-state index contributed by atoms with van der Waals surface area (Å²) in [5.41, 5.74) is 1.94. The van der Waals surface area contributed by atoms with Crippen LogP contribution in [0.1, 0.15) is 38.3 Å². The fraction of sp³-hybridized carbons (Fsp3) is 0.391. The predicted octanol–water partition coefficient (Wildman–Crippen LogP) is 4.46. The van der Waals surface area contributed by atoms with E-state index < -0.39 is 6.04 Å². The summed E-state index contributed by atoms with van der Waals surface area (Å²) in [4.78, 5) is 27.3. The van der Waals surface area contributed by atoms with Crippen molar-refractivity contribution in [3.05, 3.63) is 70.7 Å². The van der Waals surface area contributed by atoms with E-state index in [0.29, 0.717) is 36.9 Å². The van der Waals surface area contributed by atoms with E-state index in [1.165, 1.54) is 0 Å². The summed E-state index contributed by atoms with van der Waals surface area (Å²) in [7, 11) is 0. The molecule has 150 valence electrons. The Kier molecular flexibility index (Phi) is 8.52. The molecule has 1 atom stereocenters. The fourth-order valence-corrected chi connectivity index (χ4v) is 3.13. The number of amides is 2. The number of carbonyl (C=O) groups excluding carboxylic acids is 2. The zero-order chi connectivity index (χ0) is 20.5. The van der Waals surface area contributed by atoms with Crippen molar-refractivity contribution >= 4 is 23.4 Å². The van der Waals surface area contributed by atoms with Crippen molar-refractivity contribution in [2.75, 3.05) is 6.54 Å². The van der Waals surface area contributed by atoms with Gasteiger partial charge < -0.3 is 10.2 Å². The van der Waals surface area contributed by atoms with Crippen molar-refractivity contribution in [2.45, 2.75) is 46.2 Å². The van der Waals surface area contributed by atoms with Crippen LogP contribution >= 0.6 is 11.6 Å². The summed E-state index contributed by atoms with van der Waals surface area (Å²) in [5.74, 6) is 0.168. The molecule has 0 bridgehead atoms. The third kappa shape index (κ3) is 6.68. The molecule has 1 N–H and O–H groups in total. The molecule has 0 saturated carbocycles. The lowest BCUT2D eigenvalue weighted by molar-refractivity contribution is -0.140. The predicted molar refractivity (Wildman–Crippen MR) is 114 cm³/mol. The maximum absolute atomic E-state index is 13.0. The minimum atomic E-state index is -0.544. The molecule has 5 heteroatoms. The average molecular weight is 401 g/mol. The first-order valence-corrected chi connectivity index (χ1v) is 10.1. The number of hydrogen-bond acceptors (Lipinski definition) is 2. The number of halogens is 1. The Morgan fingerprint density at radius 3 is 2.29 bits per heavy atom. The van der Waals surface area contributed by atoms with Crippen molar-refractivity contribution in [1.29, 1.82) is 0 Å². The highest BCUT2D eigenvalue weighted by molar-refractivity contribution is 6.31. The number of carbonyl (C=O) groups is 2. The van der Waals surface area contributed by atoms with Crippen molar-refractivity contribution in [1.82, 2.24) is 10.2 Å². The van der Waals surface area contributed by atoms with E-state index in [0.717, 1.165) is 11.1 Å². The molecule has 0 spiro atoms. The molecule has 0 aliphatic heterocycles. The van der Waals surface area contributed by atoms with Crippen LogP contribution in [-0.2, 0) is 22.6 Å². The first-order chi connectivity index (χ1) is 13.4. The Labute approximate surface area is 172 Å². The largest absolute Gasteiger partial charge is 0.354 e. The molecule has 0 heterocycles. The molecular formula is C23H29ClN2O2. The lowest BCUT2D eigenvalue weighted by Gasteiger charge is -2.29. The molecule has 2 amide bonds. The number of hydrogen-bond donors (Lipinski definition) is 1. The van der Waals surface area contributed by atoms with Gasteiger partial charge in [-0.25, -0.2) is 0 Å². The van der Waals surface area contributed by atoms with Crippen molar-refractivity contribution in [3.8, 4) is 0 Å². The first kappa shape index (κ1) is 22.0. The topological polar surface area (TPSA) is 49.4 Å². The van der Waals surface area contributed by atoms with Crippen LogP contribution in [0.2, 0.25) is 5.02 Å². The van der Waals surface area contributed by atoms with E-state index in [-0.39, 0.29) is 11.8 Å². The smallest absolute Gasteiger partial charge is 0.242 e. The van der Waals surface area contributed by atoms with E-state index in [9.17, 15) is 9.59 Å². The van der Waals surface area contributed by atoms with Gasteiger partial charge in [-0.15, -0.1) is 0 Å². The first-order valence-electron chi connectivity index (χ1n) is 9.73. The highest BCUT2D eigenvalue weighted by Crippen LogP contribution is 2.18. The molecule has 0 fully saturated rings. The number of aryl methyl sites for hydroxylation is 1. The number of rotatable bonds is 9. The maximum atomic E-state index is 13.0. The van der Waals surface area contributed by atoms with Crippen LogP contribution in [-0.4, -0.2) is 29.3 Å². The van der Waals surface area contributed by atoms with Gasteiger partial charge in [0.2, 0.25) is 11.8 Å². The van der Waals surface area contributed by atoms with Gasteiger partial charge in [0.25, 0.3) is 0 Å². The Morgan fingerprint density at radius 1 is 1.00 bits per heavy atom. The van der Waals surface area contributed by atoms with Gasteiger partial charge in [-0.05, 0) is 36.5 Å². The van der Waals surface area contributed by atoms with E-state index in [1.54, 1.807) is 11.8 Å². The minimum Gasteiger partial charge on any atom is -0.354 e. The average Bonchev–Trinajstić information content (AvgIpc) is 2.69. The summed E-state index contributed by atoms with van der Waals surface area (Å²) < 4.78 is 0.